The molecular weight excluding hydrogens is 252 g/mol. The lowest BCUT2D eigenvalue weighted by molar-refractivity contribution is 0.746. The summed E-state index contributed by atoms with van der Waals surface area (Å²) in [7, 11) is 1.88. The number of halogens is 1. The summed E-state index contributed by atoms with van der Waals surface area (Å²) in [5, 5.41) is 13.1. The second-order valence-corrected chi connectivity index (χ2v) is 4.35. The smallest absolute Gasteiger partial charge is 0.180 e. The SMILES string of the molecule is CCc1nn(C)cc1-c1nnc2cncc(Cl)n12. The summed E-state index contributed by atoms with van der Waals surface area (Å²) in [6.07, 6.45) is 5.95. The van der Waals surface area contributed by atoms with Crippen LogP contribution in [0.2, 0.25) is 5.15 Å². The number of rotatable bonds is 2. The van der Waals surface area contributed by atoms with Crippen LogP contribution in [0.15, 0.2) is 18.6 Å². The fraction of sp³-hybridized carbons (Fsp3) is 0.273. The van der Waals surface area contributed by atoms with Crippen LogP contribution in [-0.2, 0) is 13.5 Å². The van der Waals surface area contributed by atoms with E-state index >= 15 is 0 Å². The maximum absolute atomic E-state index is 6.15. The van der Waals surface area contributed by atoms with Gasteiger partial charge in [-0.05, 0) is 6.42 Å². The molecule has 0 N–H and O–H groups in total. The fourth-order valence-electron chi connectivity index (χ4n) is 1.97. The molecule has 3 rings (SSSR count). The Kier molecular flexibility index (Phi) is 2.52. The first kappa shape index (κ1) is 11.2. The summed E-state index contributed by atoms with van der Waals surface area (Å²) in [6, 6.07) is 0. The molecule has 0 amide bonds. The van der Waals surface area contributed by atoms with Gasteiger partial charge in [-0.2, -0.15) is 5.10 Å². The van der Waals surface area contributed by atoms with E-state index in [0.29, 0.717) is 16.6 Å². The largest absolute Gasteiger partial charge is 0.275 e. The van der Waals surface area contributed by atoms with Crippen molar-refractivity contribution in [1.82, 2.24) is 29.4 Å². The molecule has 0 atom stereocenters. The first-order valence-corrected chi connectivity index (χ1v) is 5.96. The van der Waals surface area contributed by atoms with Gasteiger partial charge in [-0.25, -0.2) is 0 Å². The molecule has 18 heavy (non-hydrogen) atoms. The minimum Gasteiger partial charge on any atom is -0.275 e. The van der Waals surface area contributed by atoms with Gasteiger partial charge in [-0.3, -0.25) is 14.1 Å². The monoisotopic (exact) mass is 262 g/mol. The maximum atomic E-state index is 6.15. The number of aromatic nitrogens is 6. The molecule has 0 aromatic carbocycles. The van der Waals surface area contributed by atoms with E-state index < -0.39 is 0 Å². The Morgan fingerprint density at radius 2 is 2.11 bits per heavy atom. The molecule has 3 aromatic heterocycles. The van der Waals surface area contributed by atoms with Crippen LogP contribution in [0.5, 0.6) is 0 Å². The third kappa shape index (κ3) is 1.57. The predicted molar refractivity (Wildman–Crippen MR) is 67.4 cm³/mol. The van der Waals surface area contributed by atoms with E-state index in [1.54, 1.807) is 21.5 Å². The molecule has 92 valence electrons. The third-order valence-corrected chi connectivity index (χ3v) is 3.02. The van der Waals surface area contributed by atoms with E-state index in [1.165, 1.54) is 0 Å². The minimum atomic E-state index is 0.485. The normalized spacial score (nSPS) is 11.3. The van der Waals surface area contributed by atoms with Crippen LogP contribution < -0.4 is 0 Å². The van der Waals surface area contributed by atoms with Crippen LogP contribution in [0, 0.1) is 0 Å². The summed E-state index contributed by atoms with van der Waals surface area (Å²) in [6.45, 7) is 2.05. The van der Waals surface area contributed by atoms with Crippen LogP contribution in [-0.4, -0.2) is 29.4 Å². The number of fused-ring (bicyclic) bond motifs is 1. The highest BCUT2D eigenvalue weighted by Crippen LogP contribution is 2.24. The van der Waals surface area contributed by atoms with E-state index in [4.69, 9.17) is 11.6 Å². The van der Waals surface area contributed by atoms with Gasteiger partial charge in [0.05, 0.1) is 23.7 Å². The van der Waals surface area contributed by atoms with Crippen LogP contribution in [0.25, 0.3) is 17.0 Å². The summed E-state index contributed by atoms with van der Waals surface area (Å²) < 4.78 is 3.54. The van der Waals surface area contributed by atoms with Crippen LogP contribution >= 0.6 is 11.6 Å². The Hall–Kier alpha value is -1.95. The van der Waals surface area contributed by atoms with E-state index in [2.05, 4.69) is 27.2 Å². The topological polar surface area (TPSA) is 60.9 Å². The molecule has 0 aliphatic heterocycles. The molecule has 6 nitrogen and oxygen atoms in total. The molecule has 0 radical (unpaired) electrons. The van der Waals surface area contributed by atoms with E-state index in [-0.39, 0.29) is 0 Å². The van der Waals surface area contributed by atoms with E-state index in [0.717, 1.165) is 17.7 Å². The summed E-state index contributed by atoms with van der Waals surface area (Å²) in [5.74, 6) is 0.697. The zero-order valence-electron chi connectivity index (χ0n) is 10.0. The Balaban J connectivity index is 2.31. The third-order valence-electron chi connectivity index (χ3n) is 2.75. The Bertz CT molecular complexity index is 713. The van der Waals surface area contributed by atoms with Crippen molar-refractivity contribution >= 4 is 17.2 Å². The lowest BCUT2D eigenvalue weighted by Gasteiger charge is -2.00. The van der Waals surface area contributed by atoms with Crippen LogP contribution in [0.4, 0.5) is 0 Å². The van der Waals surface area contributed by atoms with Gasteiger partial charge in [0.2, 0.25) is 0 Å². The molecular formula is C11H11ClN6. The van der Waals surface area contributed by atoms with Crippen LogP contribution in [0.3, 0.4) is 0 Å². The lowest BCUT2D eigenvalue weighted by Crippen LogP contribution is -1.94. The van der Waals surface area contributed by atoms with Crippen molar-refractivity contribution in [3.63, 3.8) is 0 Å². The van der Waals surface area contributed by atoms with Gasteiger partial charge in [0.1, 0.15) is 5.15 Å². The molecule has 0 unspecified atom stereocenters. The first-order chi connectivity index (χ1) is 8.70. The van der Waals surface area contributed by atoms with E-state index in [1.807, 2.05) is 13.2 Å². The quantitative estimate of drug-likeness (QED) is 0.706. The average molecular weight is 263 g/mol. The second-order valence-electron chi connectivity index (χ2n) is 3.96. The summed E-state index contributed by atoms with van der Waals surface area (Å²) >= 11 is 6.15. The minimum absolute atomic E-state index is 0.485. The van der Waals surface area contributed by atoms with Crippen molar-refractivity contribution in [3.8, 4) is 11.4 Å². The first-order valence-electron chi connectivity index (χ1n) is 5.58. The van der Waals surface area contributed by atoms with Crippen molar-refractivity contribution in [2.75, 3.05) is 0 Å². The number of aryl methyl sites for hydroxylation is 2. The van der Waals surface area contributed by atoms with Crippen molar-refractivity contribution in [3.05, 3.63) is 29.4 Å². The molecule has 0 aliphatic rings. The Morgan fingerprint density at radius 1 is 1.28 bits per heavy atom. The van der Waals surface area contributed by atoms with Crippen molar-refractivity contribution < 1.29 is 0 Å². The van der Waals surface area contributed by atoms with Crippen molar-refractivity contribution in [2.24, 2.45) is 7.05 Å². The second kappa shape index (κ2) is 4.06. The standard InChI is InChI=1S/C11H11ClN6/c1-3-8-7(6-17(2)16-8)11-15-14-10-5-13-4-9(12)18(10)11/h4-6H,3H2,1-2H3. The number of hydrogen-bond donors (Lipinski definition) is 0. The van der Waals surface area contributed by atoms with Crippen molar-refractivity contribution in [1.29, 1.82) is 0 Å². The van der Waals surface area contributed by atoms with Gasteiger partial charge in [-0.1, -0.05) is 18.5 Å². The zero-order valence-corrected chi connectivity index (χ0v) is 10.8. The molecule has 0 saturated heterocycles. The zero-order chi connectivity index (χ0) is 12.7. The highest BCUT2D eigenvalue weighted by atomic mass is 35.5. The molecule has 0 bridgehead atoms. The molecule has 0 saturated carbocycles. The van der Waals surface area contributed by atoms with Gasteiger partial charge in [0.15, 0.2) is 11.5 Å². The molecule has 0 aliphatic carbocycles. The molecule has 0 spiro atoms. The number of nitrogens with zero attached hydrogens (tertiary/aromatic N) is 6. The Labute approximate surface area is 108 Å². The average Bonchev–Trinajstić information content (AvgIpc) is 2.92. The van der Waals surface area contributed by atoms with E-state index in [9.17, 15) is 0 Å². The molecule has 0 fully saturated rings. The van der Waals surface area contributed by atoms with Gasteiger partial charge < -0.3 is 0 Å². The maximum Gasteiger partial charge on any atom is 0.180 e. The Morgan fingerprint density at radius 3 is 2.89 bits per heavy atom. The predicted octanol–water partition coefficient (Wildman–Crippen LogP) is 1.74. The van der Waals surface area contributed by atoms with Gasteiger partial charge in [-0.15, -0.1) is 10.2 Å². The molecule has 7 heteroatoms. The highest BCUT2D eigenvalue weighted by molar-refractivity contribution is 6.29. The fourth-order valence-corrected chi connectivity index (χ4v) is 2.19. The van der Waals surface area contributed by atoms with Crippen molar-refractivity contribution in [2.45, 2.75) is 13.3 Å². The summed E-state index contributed by atoms with van der Waals surface area (Å²) in [4.78, 5) is 3.99. The lowest BCUT2D eigenvalue weighted by atomic mass is 10.2. The highest BCUT2D eigenvalue weighted by Gasteiger charge is 2.16. The number of hydrogen-bond acceptors (Lipinski definition) is 4. The van der Waals surface area contributed by atoms with Crippen LogP contribution in [0.1, 0.15) is 12.6 Å². The molecule has 3 aromatic rings. The van der Waals surface area contributed by atoms with Gasteiger partial charge in [0.25, 0.3) is 0 Å². The van der Waals surface area contributed by atoms with Gasteiger partial charge >= 0.3 is 0 Å². The molecule has 3 heterocycles. The van der Waals surface area contributed by atoms with Gasteiger partial charge in [0, 0.05) is 13.2 Å². The summed E-state index contributed by atoms with van der Waals surface area (Å²) in [5.41, 5.74) is 2.55.